The van der Waals surface area contributed by atoms with Crippen molar-refractivity contribution < 1.29 is 18.7 Å². The number of hydrogen-bond acceptors (Lipinski definition) is 2. The Hall–Kier alpha value is -2.73. The molecule has 142 valence electrons. The molecule has 0 radical (unpaired) electrons. The van der Waals surface area contributed by atoms with Crippen molar-refractivity contribution in [2.24, 2.45) is 0 Å². The van der Waals surface area contributed by atoms with Crippen molar-refractivity contribution in [3.63, 3.8) is 0 Å². The largest absolute Gasteiger partial charge is 0.390 e. The molecule has 2 aromatic carbocycles. The maximum atomic E-state index is 14.4. The number of rotatable bonds is 3. The number of nitrogens with zero attached hydrogens (tertiary/aromatic N) is 2. The Labute approximate surface area is 157 Å². The van der Waals surface area contributed by atoms with Crippen LogP contribution in [0.25, 0.3) is 5.57 Å². The SMILES string of the molecule is CC(O)C1(c2ccccc2)C=C(c2cc(F)ccc2F)CN1C(=O)N(C)C. The van der Waals surface area contributed by atoms with Crippen molar-refractivity contribution in [3.8, 4) is 0 Å². The molecule has 1 N–H and O–H groups in total. The first-order chi connectivity index (χ1) is 12.8. The number of benzene rings is 2. The summed E-state index contributed by atoms with van der Waals surface area (Å²) in [4.78, 5) is 15.8. The molecule has 0 aromatic heterocycles. The Morgan fingerprint density at radius 3 is 2.44 bits per heavy atom. The van der Waals surface area contributed by atoms with E-state index in [0.29, 0.717) is 11.1 Å². The second kappa shape index (κ2) is 7.12. The van der Waals surface area contributed by atoms with E-state index in [0.717, 1.165) is 18.2 Å². The number of amides is 2. The molecule has 0 aliphatic carbocycles. The van der Waals surface area contributed by atoms with E-state index in [-0.39, 0.29) is 18.1 Å². The van der Waals surface area contributed by atoms with Gasteiger partial charge in [-0.25, -0.2) is 13.6 Å². The van der Waals surface area contributed by atoms with Gasteiger partial charge in [0, 0.05) is 26.2 Å². The molecular formula is C21H22F2N2O2. The van der Waals surface area contributed by atoms with E-state index in [1.807, 2.05) is 30.3 Å². The molecule has 2 atom stereocenters. The summed E-state index contributed by atoms with van der Waals surface area (Å²) in [7, 11) is 3.22. The Morgan fingerprint density at radius 1 is 1.19 bits per heavy atom. The number of aliphatic hydroxyl groups is 1. The fourth-order valence-corrected chi connectivity index (χ4v) is 3.60. The third kappa shape index (κ3) is 3.21. The van der Waals surface area contributed by atoms with Crippen LogP contribution in [0.3, 0.4) is 0 Å². The van der Waals surface area contributed by atoms with Crippen LogP contribution in [-0.2, 0) is 5.54 Å². The molecule has 2 unspecified atom stereocenters. The average molecular weight is 372 g/mol. The molecule has 0 spiro atoms. The van der Waals surface area contributed by atoms with Crippen LogP contribution in [0.4, 0.5) is 13.6 Å². The standard InChI is InChI=1S/C21H22F2N2O2/c1-14(26)21(16-7-5-4-6-8-16)12-15(13-25(21)20(27)24(2)3)18-11-17(22)9-10-19(18)23/h4-12,14,26H,13H2,1-3H3. The van der Waals surface area contributed by atoms with Crippen LogP contribution in [-0.4, -0.2) is 47.7 Å². The number of urea groups is 1. The van der Waals surface area contributed by atoms with E-state index in [1.165, 1.54) is 9.80 Å². The normalized spacial score (nSPS) is 20.4. The molecule has 1 aliphatic rings. The maximum Gasteiger partial charge on any atom is 0.320 e. The van der Waals surface area contributed by atoms with Gasteiger partial charge in [0.25, 0.3) is 0 Å². The van der Waals surface area contributed by atoms with E-state index in [4.69, 9.17) is 0 Å². The zero-order valence-corrected chi connectivity index (χ0v) is 15.5. The summed E-state index contributed by atoms with van der Waals surface area (Å²) in [5.41, 5.74) is 0.0513. The van der Waals surface area contributed by atoms with Gasteiger partial charge in [-0.2, -0.15) is 0 Å². The van der Waals surface area contributed by atoms with Gasteiger partial charge in [-0.05, 0) is 42.3 Å². The highest BCUT2D eigenvalue weighted by molar-refractivity contribution is 5.83. The van der Waals surface area contributed by atoms with Crippen molar-refractivity contribution >= 4 is 11.6 Å². The highest BCUT2D eigenvalue weighted by atomic mass is 19.1. The van der Waals surface area contributed by atoms with Crippen LogP contribution in [0.1, 0.15) is 18.1 Å². The predicted octanol–water partition coefficient (Wildman–Crippen LogP) is 3.62. The number of aliphatic hydroxyl groups excluding tert-OH is 1. The molecule has 3 rings (SSSR count). The van der Waals surface area contributed by atoms with Gasteiger partial charge in [-0.3, -0.25) is 0 Å². The van der Waals surface area contributed by atoms with Crippen molar-refractivity contribution in [2.45, 2.75) is 18.6 Å². The molecule has 27 heavy (non-hydrogen) atoms. The van der Waals surface area contributed by atoms with Crippen LogP contribution in [0, 0.1) is 11.6 Å². The molecule has 0 fully saturated rings. The van der Waals surface area contributed by atoms with E-state index < -0.39 is 23.3 Å². The van der Waals surface area contributed by atoms with Crippen LogP contribution in [0.2, 0.25) is 0 Å². The summed E-state index contributed by atoms with van der Waals surface area (Å²) >= 11 is 0. The Morgan fingerprint density at radius 2 is 1.85 bits per heavy atom. The Balaban J connectivity index is 2.23. The molecule has 0 saturated carbocycles. The van der Waals surface area contributed by atoms with E-state index in [1.54, 1.807) is 27.1 Å². The zero-order chi connectivity index (χ0) is 19.8. The van der Waals surface area contributed by atoms with Crippen LogP contribution >= 0.6 is 0 Å². The first-order valence-electron chi connectivity index (χ1n) is 8.67. The Bertz CT molecular complexity index is 881. The monoisotopic (exact) mass is 372 g/mol. The zero-order valence-electron chi connectivity index (χ0n) is 15.5. The highest BCUT2D eigenvalue weighted by Gasteiger charge is 2.49. The lowest BCUT2D eigenvalue weighted by molar-refractivity contribution is 0.0346. The summed E-state index contributed by atoms with van der Waals surface area (Å²) in [6.07, 6.45) is 0.699. The van der Waals surface area contributed by atoms with Gasteiger partial charge in [0.2, 0.25) is 0 Å². The minimum Gasteiger partial charge on any atom is -0.390 e. The van der Waals surface area contributed by atoms with Gasteiger partial charge in [-0.1, -0.05) is 30.3 Å². The summed E-state index contributed by atoms with van der Waals surface area (Å²) in [6.45, 7) is 1.64. The van der Waals surface area contributed by atoms with Crippen molar-refractivity contribution in [2.75, 3.05) is 20.6 Å². The van der Waals surface area contributed by atoms with Crippen LogP contribution in [0.15, 0.2) is 54.6 Å². The molecule has 4 nitrogen and oxygen atoms in total. The van der Waals surface area contributed by atoms with Gasteiger partial charge in [0.05, 0.1) is 6.10 Å². The third-order valence-corrected chi connectivity index (χ3v) is 4.93. The lowest BCUT2D eigenvalue weighted by atomic mass is 9.84. The lowest BCUT2D eigenvalue weighted by Gasteiger charge is -2.41. The molecule has 1 aliphatic heterocycles. The van der Waals surface area contributed by atoms with Crippen LogP contribution < -0.4 is 0 Å². The summed E-state index contributed by atoms with van der Waals surface area (Å²) in [6, 6.07) is 12.0. The topological polar surface area (TPSA) is 43.8 Å². The maximum absolute atomic E-state index is 14.4. The fraction of sp³-hybridized carbons (Fsp3) is 0.286. The summed E-state index contributed by atoms with van der Waals surface area (Å²) < 4.78 is 28.1. The first kappa shape index (κ1) is 19.0. The van der Waals surface area contributed by atoms with Gasteiger partial charge in [0.15, 0.2) is 0 Å². The van der Waals surface area contributed by atoms with Gasteiger partial charge in [0.1, 0.15) is 17.2 Å². The van der Waals surface area contributed by atoms with Gasteiger partial charge in [-0.15, -0.1) is 0 Å². The molecule has 0 saturated heterocycles. The minimum atomic E-state index is -1.18. The third-order valence-electron chi connectivity index (χ3n) is 4.93. The molecule has 2 aromatic rings. The molecule has 6 heteroatoms. The van der Waals surface area contributed by atoms with Crippen LogP contribution in [0.5, 0.6) is 0 Å². The fourth-order valence-electron chi connectivity index (χ4n) is 3.60. The quantitative estimate of drug-likeness (QED) is 0.894. The molecule has 0 bridgehead atoms. The van der Waals surface area contributed by atoms with E-state index >= 15 is 0 Å². The lowest BCUT2D eigenvalue weighted by Crippen LogP contribution is -2.54. The predicted molar refractivity (Wildman–Crippen MR) is 99.9 cm³/mol. The highest BCUT2D eigenvalue weighted by Crippen LogP contribution is 2.43. The van der Waals surface area contributed by atoms with Crippen molar-refractivity contribution in [1.82, 2.24) is 9.80 Å². The average Bonchev–Trinajstić information content (AvgIpc) is 3.05. The number of carbonyl (C=O) groups is 1. The molecular weight excluding hydrogens is 350 g/mol. The summed E-state index contributed by atoms with van der Waals surface area (Å²) in [5.74, 6) is -1.14. The van der Waals surface area contributed by atoms with Crippen molar-refractivity contribution in [1.29, 1.82) is 0 Å². The van der Waals surface area contributed by atoms with E-state index in [2.05, 4.69) is 0 Å². The Kier molecular flexibility index (Phi) is 5.02. The second-order valence-corrected chi connectivity index (χ2v) is 6.92. The van der Waals surface area contributed by atoms with Gasteiger partial charge >= 0.3 is 6.03 Å². The van der Waals surface area contributed by atoms with E-state index in [9.17, 15) is 18.7 Å². The smallest absolute Gasteiger partial charge is 0.320 e. The number of hydrogen-bond donors (Lipinski definition) is 1. The summed E-state index contributed by atoms with van der Waals surface area (Å²) in [5, 5.41) is 10.7. The second-order valence-electron chi connectivity index (χ2n) is 6.92. The number of halogens is 2. The minimum absolute atomic E-state index is 0.0528. The first-order valence-corrected chi connectivity index (χ1v) is 8.67. The molecule has 2 amide bonds. The van der Waals surface area contributed by atoms with Crippen molar-refractivity contribution in [3.05, 3.63) is 77.4 Å². The molecule has 1 heterocycles. The van der Waals surface area contributed by atoms with Gasteiger partial charge < -0.3 is 14.9 Å². The number of carbonyl (C=O) groups excluding carboxylic acids is 1.